The van der Waals surface area contributed by atoms with Crippen molar-refractivity contribution in [3.63, 3.8) is 0 Å². The lowest BCUT2D eigenvalue weighted by Gasteiger charge is -2.32. The Morgan fingerprint density at radius 2 is 2.33 bits per heavy atom. The Hall–Kier alpha value is -1.33. The third-order valence-corrected chi connectivity index (χ3v) is 3.95. The third-order valence-electron chi connectivity index (χ3n) is 3.65. The van der Waals surface area contributed by atoms with Crippen LogP contribution in [0.5, 0.6) is 5.75 Å². The van der Waals surface area contributed by atoms with Gasteiger partial charge in [-0.25, -0.2) is 4.39 Å². The molecule has 0 radical (unpaired) electrons. The van der Waals surface area contributed by atoms with Crippen molar-refractivity contribution in [3.8, 4) is 5.75 Å². The van der Waals surface area contributed by atoms with Gasteiger partial charge in [-0.15, -0.1) is 0 Å². The second-order valence-corrected chi connectivity index (χ2v) is 5.81. The lowest BCUT2D eigenvalue weighted by Crippen LogP contribution is -2.39. The molecule has 2 N–H and O–H groups in total. The summed E-state index contributed by atoms with van der Waals surface area (Å²) in [6.07, 6.45) is 2.56. The highest BCUT2D eigenvalue weighted by Crippen LogP contribution is 2.25. The molecule has 116 valence electrons. The summed E-state index contributed by atoms with van der Waals surface area (Å²) >= 11 is 5.90. The van der Waals surface area contributed by atoms with Crippen LogP contribution in [0.25, 0.3) is 0 Å². The summed E-state index contributed by atoms with van der Waals surface area (Å²) in [5, 5.41) is 0.278. The number of benzene rings is 1. The molecule has 2 rings (SSSR count). The monoisotopic (exact) mass is 314 g/mol. The first-order chi connectivity index (χ1) is 10.0. The quantitative estimate of drug-likeness (QED) is 0.877. The predicted molar refractivity (Wildman–Crippen MR) is 79.9 cm³/mol. The van der Waals surface area contributed by atoms with Crippen molar-refractivity contribution in [2.45, 2.75) is 19.3 Å². The van der Waals surface area contributed by atoms with E-state index in [1.54, 1.807) is 0 Å². The number of likely N-dealkylation sites (tertiary alicyclic amines) is 1. The van der Waals surface area contributed by atoms with Crippen molar-refractivity contribution < 1.29 is 13.9 Å². The predicted octanol–water partition coefficient (Wildman–Crippen LogP) is 2.45. The lowest BCUT2D eigenvalue weighted by atomic mass is 9.94. The molecule has 1 aromatic carbocycles. The van der Waals surface area contributed by atoms with Crippen LogP contribution < -0.4 is 10.5 Å². The zero-order valence-corrected chi connectivity index (χ0v) is 12.6. The summed E-state index contributed by atoms with van der Waals surface area (Å²) in [5.74, 6) is 0.211. The first kappa shape index (κ1) is 16.0. The van der Waals surface area contributed by atoms with Crippen LogP contribution in [-0.4, -0.2) is 37.0 Å². The van der Waals surface area contributed by atoms with Gasteiger partial charge in [-0.3, -0.25) is 9.69 Å². The van der Waals surface area contributed by atoms with Gasteiger partial charge in [-0.2, -0.15) is 0 Å². The van der Waals surface area contributed by atoms with Gasteiger partial charge in [0.1, 0.15) is 18.2 Å². The molecular formula is C15H20ClFN2O2. The maximum atomic E-state index is 12.9. The van der Waals surface area contributed by atoms with E-state index in [1.807, 2.05) is 0 Å². The molecule has 6 heteroatoms. The molecular weight excluding hydrogens is 295 g/mol. The van der Waals surface area contributed by atoms with Gasteiger partial charge in [-0.1, -0.05) is 11.6 Å². The van der Waals surface area contributed by atoms with E-state index >= 15 is 0 Å². The smallest absolute Gasteiger partial charge is 0.217 e. The first-order valence-electron chi connectivity index (χ1n) is 7.13. The van der Waals surface area contributed by atoms with Crippen molar-refractivity contribution in [1.29, 1.82) is 0 Å². The number of carbonyl (C=O) groups is 1. The molecule has 21 heavy (non-hydrogen) atoms. The van der Waals surface area contributed by atoms with Gasteiger partial charge in [0.15, 0.2) is 0 Å². The molecule has 1 aliphatic heterocycles. The normalized spacial score (nSPS) is 19.4. The third kappa shape index (κ3) is 5.17. The van der Waals surface area contributed by atoms with Crippen molar-refractivity contribution >= 4 is 17.5 Å². The minimum Gasteiger partial charge on any atom is -0.491 e. The van der Waals surface area contributed by atoms with Gasteiger partial charge in [0.05, 0.1) is 5.02 Å². The van der Waals surface area contributed by atoms with Gasteiger partial charge in [0.2, 0.25) is 5.91 Å². The number of amides is 1. The Morgan fingerprint density at radius 3 is 3.05 bits per heavy atom. The molecule has 0 aromatic heterocycles. The van der Waals surface area contributed by atoms with Crippen LogP contribution in [0.3, 0.4) is 0 Å². The molecule has 0 spiro atoms. The Morgan fingerprint density at radius 1 is 1.52 bits per heavy atom. The zero-order valence-electron chi connectivity index (χ0n) is 11.9. The summed E-state index contributed by atoms with van der Waals surface area (Å²) in [5.41, 5.74) is 5.25. The number of nitrogens with two attached hydrogens (primary N) is 1. The van der Waals surface area contributed by atoms with Gasteiger partial charge >= 0.3 is 0 Å². The lowest BCUT2D eigenvalue weighted by molar-refractivity contribution is -0.119. The van der Waals surface area contributed by atoms with E-state index in [4.69, 9.17) is 22.1 Å². The van der Waals surface area contributed by atoms with Crippen LogP contribution >= 0.6 is 11.6 Å². The number of carbonyl (C=O) groups excluding carboxylic acids is 1. The molecule has 1 saturated heterocycles. The van der Waals surface area contributed by atoms with Gasteiger partial charge in [0, 0.05) is 19.5 Å². The molecule has 0 bridgehead atoms. The molecule has 1 atom stereocenters. The first-order valence-corrected chi connectivity index (χ1v) is 7.51. The van der Waals surface area contributed by atoms with E-state index in [1.165, 1.54) is 18.2 Å². The average Bonchev–Trinajstić information content (AvgIpc) is 2.41. The number of piperidine rings is 1. The minimum atomic E-state index is -0.377. The standard InChI is InChI=1S/C15H20ClFN2O2/c16-13-9-12(17)3-4-14(13)21-7-6-19-5-1-2-11(10-19)8-15(18)20/h3-4,9,11H,1-2,5-8,10H2,(H2,18,20). The fourth-order valence-corrected chi connectivity index (χ4v) is 2.90. The van der Waals surface area contributed by atoms with E-state index in [2.05, 4.69) is 4.90 Å². The zero-order chi connectivity index (χ0) is 15.2. The molecule has 0 aliphatic carbocycles. The van der Waals surface area contributed by atoms with Gasteiger partial charge < -0.3 is 10.5 Å². The topological polar surface area (TPSA) is 55.6 Å². The van der Waals surface area contributed by atoms with Crippen LogP contribution in [-0.2, 0) is 4.79 Å². The molecule has 1 unspecified atom stereocenters. The Labute approximate surface area is 129 Å². The molecule has 0 saturated carbocycles. The molecule has 1 aromatic rings. The summed E-state index contributed by atoms with van der Waals surface area (Å²) in [4.78, 5) is 13.2. The van der Waals surface area contributed by atoms with E-state index in [-0.39, 0.29) is 16.7 Å². The molecule has 1 heterocycles. The molecule has 1 aliphatic rings. The highest BCUT2D eigenvalue weighted by atomic mass is 35.5. The SMILES string of the molecule is NC(=O)CC1CCCN(CCOc2ccc(F)cc2Cl)C1. The number of nitrogens with zero attached hydrogens (tertiary/aromatic N) is 1. The van der Waals surface area contributed by atoms with Crippen LogP contribution in [0, 0.1) is 11.7 Å². The Kier molecular flexibility index (Phi) is 5.82. The fraction of sp³-hybridized carbons (Fsp3) is 0.533. The summed E-state index contributed by atoms with van der Waals surface area (Å²) in [6, 6.07) is 4.09. The van der Waals surface area contributed by atoms with E-state index in [0.717, 1.165) is 32.5 Å². The van der Waals surface area contributed by atoms with Crippen LogP contribution in [0.2, 0.25) is 5.02 Å². The maximum absolute atomic E-state index is 12.9. The minimum absolute atomic E-state index is 0.240. The fourth-order valence-electron chi connectivity index (χ4n) is 2.68. The number of rotatable bonds is 6. The Bertz CT molecular complexity index is 499. The summed E-state index contributed by atoms with van der Waals surface area (Å²) < 4.78 is 18.5. The second kappa shape index (κ2) is 7.61. The number of ether oxygens (including phenoxy) is 1. The maximum Gasteiger partial charge on any atom is 0.217 e. The van der Waals surface area contributed by atoms with Crippen molar-refractivity contribution in [2.24, 2.45) is 11.7 Å². The van der Waals surface area contributed by atoms with Gasteiger partial charge in [0.25, 0.3) is 0 Å². The summed E-state index contributed by atoms with van der Waals surface area (Å²) in [6.45, 7) is 3.09. The largest absolute Gasteiger partial charge is 0.491 e. The highest BCUT2D eigenvalue weighted by molar-refractivity contribution is 6.32. The summed E-state index contributed by atoms with van der Waals surface area (Å²) in [7, 11) is 0. The molecule has 1 amide bonds. The number of hydrogen-bond donors (Lipinski definition) is 1. The Balaban J connectivity index is 1.76. The average molecular weight is 315 g/mol. The van der Waals surface area contributed by atoms with Crippen LogP contribution in [0.15, 0.2) is 18.2 Å². The number of halogens is 2. The second-order valence-electron chi connectivity index (χ2n) is 5.40. The van der Waals surface area contributed by atoms with Crippen molar-refractivity contribution in [3.05, 3.63) is 29.0 Å². The van der Waals surface area contributed by atoms with Crippen molar-refractivity contribution in [1.82, 2.24) is 4.90 Å². The van der Waals surface area contributed by atoms with E-state index in [0.29, 0.717) is 24.7 Å². The van der Waals surface area contributed by atoms with E-state index < -0.39 is 0 Å². The number of primary amides is 1. The van der Waals surface area contributed by atoms with Crippen LogP contribution in [0.4, 0.5) is 4.39 Å². The number of hydrogen-bond acceptors (Lipinski definition) is 3. The molecule has 1 fully saturated rings. The van der Waals surface area contributed by atoms with Gasteiger partial charge in [-0.05, 0) is 43.5 Å². The van der Waals surface area contributed by atoms with Crippen LogP contribution in [0.1, 0.15) is 19.3 Å². The molecule has 4 nitrogen and oxygen atoms in total. The highest BCUT2D eigenvalue weighted by Gasteiger charge is 2.21. The van der Waals surface area contributed by atoms with E-state index in [9.17, 15) is 9.18 Å². The van der Waals surface area contributed by atoms with Crippen molar-refractivity contribution in [2.75, 3.05) is 26.2 Å².